The van der Waals surface area contributed by atoms with Crippen molar-refractivity contribution in [2.24, 2.45) is 0 Å². The Hall–Kier alpha value is -8.67. The van der Waals surface area contributed by atoms with E-state index in [1.165, 1.54) is 16.7 Å². The number of para-hydroxylation sites is 3. The Bertz CT molecular complexity index is 4190. The zero-order chi connectivity index (χ0) is 56.7. The van der Waals surface area contributed by atoms with Crippen molar-refractivity contribution in [1.82, 2.24) is 9.55 Å². The van der Waals surface area contributed by atoms with Gasteiger partial charge in [-0.3, -0.25) is 4.57 Å². The minimum Gasteiger partial charge on any atom is -0.457 e. The number of rotatable bonds is 10. The molecule has 0 fully saturated rings. The second-order valence-electron chi connectivity index (χ2n) is 22.6. The van der Waals surface area contributed by atoms with E-state index in [4.69, 9.17) is 13.8 Å². The molecule has 12 rings (SSSR count). The van der Waals surface area contributed by atoms with Gasteiger partial charge in [0.1, 0.15) is 24.0 Å². The number of nitrogens with zero attached hydrogens (tertiary/aromatic N) is 4. The largest absolute Gasteiger partial charge is 0.457 e. The van der Waals surface area contributed by atoms with Gasteiger partial charge in [-0.25, -0.2) is 4.98 Å². The van der Waals surface area contributed by atoms with Crippen LogP contribution in [0.3, 0.4) is 0 Å². The first-order valence-corrected chi connectivity index (χ1v) is 26.2. The Morgan fingerprint density at radius 3 is 1.80 bits per heavy atom. The van der Waals surface area contributed by atoms with E-state index in [1.54, 1.807) is 0 Å². The molecule has 0 saturated carbocycles. The van der Waals surface area contributed by atoms with Crippen LogP contribution < -0.4 is 14.5 Å². The van der Waals surface area contributed by atoms with Crippen molar-refractivity contribution in [3.05, 3.63) is 253 Å². The summed E-state index contributed by atoms with van der Waals surface area (Å²) in [7, 11) is 0. The van der Waals surface area contributed by atoms with Gasteiger partial charge in [0.05, 0.1) is 34.9 Å². The Balaban J connectivity index is 0.968. The molecule has 0 N–H and O–H groups in total. The van der Waals surface area contributed by atoms with Crippen molar-refractivity contribution in [3.63, 3.8) is 0 Å². The van der Waals surface area contributed by atoms with E-state index in [0.29, 0.717) is 23.7 Å². The lowest BCUT2D eigenvalue weighted by Crippen LogP contribution is -2.25. The summed E-state index contributed by atoms with van der Waals surface area (Å²) in [6.45, 7) is 18.2. The van der Waals surface area contributed by atoms with Gasteiger partial charge in [-0.2, -0.15) is 0 Å². The van der Waals surface area contributed by atoms with Crippen LogP contribution in [0.2, 0.25) is 0 Å². The van der Waals surface area contributed by atoms with Crippen LogP contribution in [0.15, 0.2) is 231 Å². The third-order valence-corrected chi connectivity index (χ3v) is 15.2. The molecule has 0 bridgehead atoms. The molecule has 1 aliphatic rings. The second kappa shape index (κ2) is 18.9. The lowest BCUT2D eigenvalue weighted by molar-refractivity contribution is 0.483. The maximum Gasteiger partial charge on any atom is 0.137 e. The molecular weight excluding hydrogens is 925 g/mol. The Kier molecular flexibility index (Phi) is 10.6. The van der Waals surface area contributed by atoms with E-state index in [1.807, 2.05) is 54.7 Å². The normalized spacial score (nSPS) is 13.8. The maximum atomic E-state index is 9.29. The van der Waals surface area contributed by atoms with E-state index in [2.05, 4.69) is 215 Å². The highest BCUT2D eigenvalue weighted by Crippen LogP contribution is 2.51. The molecule has 0 spiro atoms. The van der Waals surface area contributed by atoms with Gasteiger partial charge in [0, 0.05) is 51.3 Å². The molecule has 374 valence electrons. The molecule has 0 saturated heterocycles. The van der Waals surface area contributed by atoms with Gasteiger partial charge in [0.2, 0.25) is 0 Å². The smallest absolute Gasteiger partial charge is 0.137 e. The molecule has 0 amide bonds. The Morgan fingerprint density at radius 1 is 0.447 bits per heavy atom. The van der Waals surface area contributed by atoms with Crippen LogP contribution in [0.1, 0.15) is 84.5 Å². The summed E-state index contributed by atoms with van der Waals surface area (Å²) in [6, 6.07) is 65.8. The zero-order valence-electron chi connectivity index (χ0n) is 49.5. The molecule has 0 atom stereocenters. The summed E-state index contributed by atoms with van der Waals surface area (Å²) < 4.78 is 53.9. The zero-order valence-corrected chi connectivity index (χ0v) is 44.5. The van der Waals surface area contributed by atoms with Gasteiger partial charge in [0.25, 0.3) is 0 Å². The van der Waals surface area contributed by atoms with Gasteiger partial charge >= 0.3 is 0 Å². The first kappa shape index (κ1) is 42.7. The molecule has 9 aromatic carbocycles. The predicted octanol–water partition coefficient (Wildman–Crippen LogP) is 19.1. The van der Waals surface area contributed by atoms with Crippen molar-refractivity contribution in [3.8, 4) is 50.7 Å². The van der Waals surface area contributed by atoms with Crippen molar-refractivity contribution in [2.75, 3.05) is 16.5 Å². The van der Waals surface area contributed by atoms with Gasteiger partial charge in [-0.05, 0) is 116 Å². The number of hydrogen-bond acceptors (Lipinski definition) is 4. The van der Waals surface area contributed by atoms with E-state index >= 15 is 0 Å². The van der Waals surface area contributed by atoms with Crippen LogP contribution >= 0.6 is 0 Å². The number of aromatic nitrogens is 2. The van der Waals surface area contributed by atoms with Crippen molar-refractivity contribution in [2.45, 2.75) is 71.6 Å². The minimum atomic E-state index is -0.427. The van der Waals surface area contributed by atoms with Gasteiger partial charge in [0.15, 0.2) is 0 Å². The summed E-state index contributed by atoms with van der Waals surface area (Å²) >= 11 is 0. The highest BCUT2D eigenvalue weighted by molar-refractivity contribution is 6.11. The van der Waals surface area contributed by atoms with E-state index in [0.717, 1.165) is 78.2 Å². The van der Waals surface area contributed by atoms with Gasteiger partial charge < -0.3 is 14.5 Å². The fraction of sp³-hybridized carbons (Fsp3) is 0.169. The highest BCUT2D eigenvalue weighted by atomic mass is 16.5. The number of hydrogen-bond donors (Lipinski definition) is 0. The molecule has 76 heavy (non-hydrogen) atoms. The van der Waals surface area contributed by atoms with Crippen LogP contribution in [-0.4, -0.2) is 16.2 Å². The monoisotopic (exact) mass is 994 g/mol. The summed E-state index contributed by atoms with van der Waals surface area (Å²) in [5.74, 6) is 2.13. The average molecular weight is 994 g/mol. The quantitative estimate of drug-likeness (QED) is 0.137. The molecule has 11 aromatic rings. The summed E-state index contributed by atoms with van der Waals surface area (Å²) in [5.41, 5.74) is 14.4. The molecule has 0 radical (unpaired) electrons. The number of anilines is 4. The fourth-order valence-corrected chi connectivity index (χ4v) is 10.9. The second-order valence-corrected chi connectivity index (χ2v) is 22.6. The Labute approximate surface area is 455 Å². The molecule has 0 aliphatic carbocycles. The van der Waals surface area contributed by atoms with Crippen LogP contribution in [0.25, 0.3) is 61.0 Å². The van der Waals surface area contributed by atoms with Gasteiger partial charge in [-0.15, -0.1) is 0 Å². The summed E-state index contributed by atoms with van der Waals surface area (Å²) in [6.07, 6.45) is 1.91. The lowest BCUT2D eigenvalue weighted by Gasteiger charge is -2.29. The number of pyridine rings is 1. The first-order chi connectivity index (χ1) is 38.8. The topological polar surface area (TPSA) is 33.5 Å². The van der Waals surface area contributed by atoms with Crippen molar-refractivity contribution in [1.29, 1.82) is 0 Å². The van der Waals surface area contributed by atoms with E-state index < -0.39 is 6.04 Å². The predicted molar refractivity (Wildman–Crippen MR) is 319 cm³/mol. The minimum absolute atomic E-state index is 0.152. The maximum absolute atomic E-state index is 9.29. The SMILES string of the molecule is [2H]c1c([2H])c([2H])c(-c2cccc(-c3cc(C(C)(C)C)cc(C(C)(C)C)c3)c2N2CN(c3cccc(Oc4ccc5c6cc(-c7ccccc7)ccc6n(-c6cc(C(C)(C)c7ccccc7)ccn6)c5c4)c3)c3ccccc32)c([2H])c1[2H]. The highest BCUT2D eigenvalue weighted by Gasteiger charge is 2.33. The van der Waals surface area contributed by atoms with Gasteiger partial charge in [-0.1, -0.05) is 207 Å². The molecule has 5 nitrogen and oxygen atoms in total. The van der Waals surface area contributed by atoms with E-state index in [-0.39, 0.29) is 46.0 Å². The molecule has 1 aliphatic heterocycles. The van der Waals surface area contributed by atoms with Crippen molar-refractivity contribution >= 4 is 44.6 Å². The average Bonchev–Trinajstić information content (AvgIpc) is 4.28. The number of benzene rings is 9. The van der Waals surface area contributed by atoms with Crippen molar-refractivity contribution < 1.29 is 11.6 Å². The van der Waals surface area contributed by atoms with E-state index in [9.17, 15) is 2.74 Å². The fourth-order valence-electron chi connectivity index (χ4n) is 10.9. The van der Waals surface area contributed by atoms with Crippen LogP contribution in [0, 0.1) is 0 Å². The Morgan fingerprint density at radius 2 is 1.09 bits per heavy atom. The summed E-state index contributed by atoms with van der Waals surface area (Å²) in [4.78, 5) is 9.53. The molecule has 2 aromatic heterocycles. The molecular formula is C71H64N4O. The molecule has 3 heterocycles. The van der Waals surface area contributed by atoms with Crippen LogP contribution in [0.4, 0.5) is 22.7 Å². The molecule has 5 heteroatoms. The summed E-state index contributed by atoms with van der Waals surface area (Å²) in [5, 5.41) is 2.19. The third kappa shape index (κ3) is 8.90. The first-order valence-electron chi connectivity index (χ1n) is 28.7. The molecule has 0 unspecified atom stereocenters. The standard InChI is InChI=1S/C71H64N4O/c1-69(2,3)54-40-51(41-55(43-54)70(4,5)6)60-31-21-30-59(49-24-14-10-15-25-49)68(60)74-47-73(64-32-18-19-33-65(64)74)56-28-20-29-57(45-56)76-58-35-36-61-62-42-50(48-22-12-9-13-23-48)34-37-63(62)75(66(61)46-58)67-44-53(38-39-72-67)71(7,8)52-26-16-11-17-27-52/h9-46H,47H2,1-8H3/i10D,14D,15D,24D,25D. The van der Waals surface area contributed by atoms with Crippen LogP contribution in [-0.2, 0) is 16.2 Å². The van der Waals surface area contributed by atoms with Crippen LogP contribution in [0.5, 0.6) is 11.5 Å². The number of fused-ring (bicyclic) bond motifs is 4. The third-order valence-electron chi connectivity index (χ3n) is 15.2. The number of ether oxygens (including phenoxy) is 1. The lowest BCUT2D eigenvalue weighted by atomic mass is 9.78.